The Morgan fingerprint density at radius 1 is 1.25 bits per heavy atom. The van der Waals surface area contributed by atoms with Crippen molar-refractivity contribution < 1.29 is 5.11 Å². The Bertz CT molecular complexity index is 366. The molecule has 4 atom stereocenters. The molecule has 1 N–H and O–H groups in total. The predicted octanol–water partition coefficient (Wildman–Crippen LogP) is 3.53. The summed E-state index contributed by atoms with van der Waals surface area (Å²) in [6.45, 7) is 9.48. The summed E-state index contributed by atoms with van der Waals surface area (Å²) in [4.78, 5) is 0. The van der Waals surface area contributed by atoms with Crippen molar-refractivity contribution in [3.05, 3.63) is 11.1 Å². The number of hydrogen-bond acceptors (Lipinski definition) is 1. The average Bonchev–Trinajstić information content (AvgIpc) is 2.50. The van der Waals surface area contributed by atoms with Crippen LogP contribution >= 0.6 is 0 Å². The molecule has 90 valence electrons. The Morgan fingerprint density at radius 2 is 1.94 bits per heavy atom. The summed E-state index contributed by atoms with van der Waals surface area (Å²) in [5.41, 5.74) is 3.68. The molecule has 0 heterocycles. The number of hydrogen-bond donors (Lipinski definition) is 1. The van der Waals surface area contributed by atoms with E-state index in [2.05, 4.69) is 27.7 Å². The highest BCUT2D eigenvalue weighted by Crippen LogP contribution is 2.72. The van der Waals surface area contributed by atoms with Crippen LogP contribution in [0.5, 0.6) is 0 Å². The molecule has 3 aliphatic carbocycles. The number of aliphatic hydroxyl groups excluding tert-OH is 1. The van der Waals surface area contributed by atoms with Gasteiger partial charge in [-0.3, -0.25) is 0 Å². The second kappa shape index (κ2) is 2.93. The van der Waals surface area contributed by atoms with Gasteiger partial charge in [0.25, 0.3) is 0 Å². The van der Waals surface area contributed by atoms with E-state index in [4.69, 9.17) is 0 Å². The topological polar surface area (TPSA) is 20.2 Å². The number of rotatable bonds is 0. The summed E-state index contributed by atoms with van der Waals surface area (Å²) >= 11 is 0. The van der Waals surface area contributed by atoms with Crippen LogP contribution in [0.25, 0.3) is 0 Å². The van der Waals surface area contributed by atoms with Gasteiger partial charge in [0.1, 0.15) is 0 Å². The lowest BCUT2D eigenvalue weighted by Crippen LogP contribution is -2.45. The summed E-state index contributed by atoms with van der Waals surface area (Å²) in [6, 6.07) is 0. The summed E-state index contributed by atoms with van der Waals surface area (Å²) in [6.07, 6.45) is 4.86. The van der Waals surface area contributed by atoms with Gasteiger partial charge in [0, 0.05) is 5.41 Å². The molecule has 0 aromatic rings. The predicted molar refractivity (Wildman–Crippen MR) is 66.0 cm³/mol. The van der Waals surface area contributed by atoms with Crippen molar-refractivity contribution in [2.24, 2.45) is 22.7 Å². The van der Waals surface area contributed by atoms with E-state index in [0.29, 0.717) is 10.8 Å². The smallest absolute Gasteiger partial charge is 0.0758 e. The van der Waals surface area contributed by atoms with Crippen LogP contribution in [0, 0.1) is 22.7 Å². The van der Waals surface area contributed by atoms with Crippen LogP contribution in [-0.4, -0.2) is 11.2 Å². The molecule has 0 aromatic carbocycles. The first-order valence-electron chi connectivity index (χ1n) is 6.79. The molecule has 2 fully saturated rings. The second-order valence-electron chi connectivity index (χ2n) is 6.95. The molecule has 0 aromatic heterocycles. The van der Waals surface area contributed by atoms with E-state index in [1.54, 1.807) is 5.57 Å². The summed E-state index contributed by atoms with van der Waals surface area (Å²) in [7, 11) is 0. The SMILES string of the molecule is CC1=C2CC3CCC(C)C2(CC1O)C3(C)C. The zero-order valence-corrected chi connectivity index (χ0v) is 11.0. The lowest BCUT2D eigenvalue weighted by atomic mass is 9.53. The lowest BCUT2D eigenvalue weighted by Gasteiger charge is -2.51. The maximum Gasteiger partial charge on any atom is 0.0758 e. The quantitative estimate of drug-likeness (QED) is 0.619. The van der Waals surface area contributed by atoms with Crippen molar-refractivity contribution >= 4 is 0 Å². The van der Waals surface area contributed by atoms with Gasteiger partial charge in [-0.1, -0.05) is 26.3 Å². The van der Waals surface area contributed by atoms with Crippen molar-refractivity contribution in [1.29, 1.82) is 0 Å². The third kappa shape index (κ3) is 0.932. The summed E-state index contributed by atoms with van der Waals surface area (Å²) in [5.74, 6) is 1.62. The monoisotopic (exact) mass is 220 g/mol. The number of aliphatic hydroxyl groups is 1. The lowest BCUT2D eigenvalue weighted by molar-refractivity contribution is -0.0251. The fourth-order valence-electron chi connectivity index (χ4n) is 5.29. The van der Waals surface area contributed by atoms with Gasteiger partial charge in [0.2, 0.25) is 0 Å². The van der Waals surface area contributed by atoms with E-state index in [-0.39, 0.29) is 6.10 Å². The van der Waals surface area contributed by atoms with E-state index in [0.717, 1.165) is 18.3 Å². The molecule has 1 nitrogen and oxygen atoms in total. The molecule has 0 saturated heterocycles. The second-order valence-corrected chi connectivity index (χ2v) is 6.95. The molecule has 2 saturated carbocycles. The molecule has 0 radical (unpaired) electrons. The van der Waals surface area contributed by atoms with Crippen LogP contribution in [0.1, 0.15) is 53.4 Å². The van der Waals surface area contributed by atoms with Gasteiger partial charge in [-0.15, -0.1) is 0 Å². The minimum Gasteiger partial charge on any atom is -0.389 e. The Balaban J connectivity index is 2.20. The molecule has 0 aliphatic heterocycles. The van der Waals surface area contributed by atoms with Crippen molar-refractivity contribution in [2.75, 3.05) is 0 Å². The van der Waals surface area contributed by atoms with Crippen molar-refractivity contribution in [2.45, 2.75) is 59.5 Å². The summed E-state index contributed by atoms with van der Waals surface area (Å²) in [5, 5.41) is 10.2. The van der Waals surface area contributed by atoms with Gasteiger partial charge in [0.05, 0.1) is 6.10 Å². The number of allylic oxidation sites excluding steroid dienone is 1. The molecule has 4 unspecified atom stereocenters. The van der Waals surface area contributed by atoms with Crippen LogP contribution in [0.3, 0.4) is 0 Å². The van der Waals surface area contributed by atoms with Crippen molar-refractivity contribution in [1.82, 2.24) is 0 Å². The van der Waals surface area contributed by atoms with Crippen LogP contribution in [0.15, 0.2) is 11.1 Å². The highest BCUT2D eigenvalue weighted by molar-refractivity contribution is 5.40. The van der Waals surface area contributed by atoms with Crippen LogP contribution in [0.4, 0.5) is 0 Å². The minimum atomic E-state index is -0.157. The first-order chi connectivity index (χ1) is 7.41. The average molecular weight is 220 g/mol. The number of fused-ring (bicyclic) bond motifs is 1. The van der Waals surface area contributed by atoms with Gasteiger partial charge >= 0.3 is 0 Å². The standard InChI is InChI=1S/C15H24O/c1-9-5-6-11-7-12-10(2)13(16)8-15(9,12)14(11,3)4/h9,11,13,16H,5-8H2,1-4H3. The molecule has 3 aliphatic rings. The van der Waals surface area contributed by atoms with Gasteiger partial charge in [0.15, 0.2) is 0 Å². The normalized spacial score (nSPS) is 49.7. The maximum atomic E-state index is 10.2. The highest BCUT2D eigenvalue weighted by atomic mass is 16.3. The molecule has 0 amide bonds. The third-order valence-electron chi connectivity index (χ3n) is 6.44. The fraction of sp³-hybridized carbons (Fsp3) is 0.867. The van der Waals surface area contributed by atoms with Crippen molar-refractivity contribution in [3.63, 3.8) is 0 Å². The first kappa shape index (κ1) is 10.8. The first-order valence-corrected chi connectivity index (χ1v) is 6.79. The van der Waals surface area contributed by atoms with E-state index < -0.39 is 0 Å². The molecule has 3 rings (SSSR count). The molecule has 16 heavy (non-hydrogen) atoms. The van der Waals surface area contributed by atoms with Crippen LogP contribution in [0.2, 0.25) is 0 Å². The van der Waals surface area contributed by atoms with E-state index >= 15 is 0 Å². The van der Waals surface area contributed by atoms with Crippen molar-refractivity contribution in [3.8, 4) is 0 Å². The Morgan fingerprint density at radius 3 is 2.62 bits per heavy atom. The van der Waals surface area contributed by atoms with E-state index in [1.807, 2.05) is 0 Å². The molecule has 1 spiro atoms. The van der Waals surface area contributed by atoms with Gasteiger partial charge < -0.3 is 5.11 Å². The highest BCUT2D eigenvalue weighted by Gasteiger charge is 2.64. The third-order valence-corrected chi connectivity index (χ3v) is 6.44. The Labute approximate surface area is 98.9 Å². The van der Waals surface area contributed by atoms with Gasteiger partial charge in [-0.25, -0.2) is 0 Å². The molecular formula is C15H24O. The molecule has 2 bridgehead atoms. The zero-order chi connectivity index (χ0) is 11.7. The zero-order valence-electron chi connectivity index (χ0n) is 11.0. The summed E-state index contributed by atoms with van der Waals surface area (Å²) < 4.78 is 0. The molecular weight excluding hydrogens is 196 g/mol. The minimum absolute atomic E-state index is 0.157. The molecule has 1 heteroatoms. The largest absolute Gasteiger partial charge is 0.389 e. The Hall–Kier alpha value is -0.300. The maximum absolute atomic E-state index is 10.2. The van der Waals surface area contributed by atoms with Gasteiger partial charge in [-0.2, -0.15) is 0 Å². The van der Waals surface area contributed by atoms with E-state index in [1.165, 1.54) is 24.8 Å². The van der Waals surface area contributed by atoms with E-state index in [9.17, 15) is 5.11 Å². The Kier molecular flexibility index (Phi) is 1.98. The van der Waals surface area contributed by atoms with Crippen LogP contribution in [-0.2, 0) is 0 Å². The fourth-order valence-corrected chi connectivity index (χ4v) is 5.29. The van der Waals surface area contributed by atoms with Crippen LogP contribution < -0.4 is 0 Å². The van der Waals surface area contributed by atoms with Gasteiger partial charge in [-0.05, 0) is 55.4 Å².